The zero-order valence-corrected chi connectivity index (χ0v) is 16.5. The van der Waals surface area contributed by atoms with Crippen molar-refractivity contribution in [3.63, 3.8) is 0 Å². The Bertz CT molecular complexity index is 347. The number of rotatable bonds is 8. The van der Waals surface area contributed by atoms with Crippen LogP contribution in [0.25, 0.3) is 0 Å². The predicted octanol–water partition coefficient (Wildman–Crippen LogP) is 2.20. The normalized spacial score (nSPS) is 24.6. The maximum Gasteiger partial charge on any atom is 0.188 e. The molecule has 1 atom stereocenters. The number of guanidine groups is 1. The van der Waals surface area contributed by atoms with E-state index in [0.717, 1.165) is 32.7 Å². The largest absolute Gasteiger partial charge is 0.385 e. The van der Waals surface area contributed by atoms with Crippen LogP contribution in [0, 0.1) is 5.41 Å². The van der Waals surface area contributed by atoms with Crippen molar-refractivity contribution in [2.75, 3.05) is 39.9 Å². The molecule has 1 unspecified atom stereocenters. The molecule has 1 aliphatic heterocycles. The molecule has 0 aromatic rings. The second-order valence-corrected chi connectivity index (χ2v) is 6.60. The molecule has 22 heavy (non-hydrogen) atoms. The monoisotopic (exact) mass is 424 g/mol. The fraction of sp³-hybridized carbons (Fsp3) is 0.938. The second kappa shape index (κ2) is 9.93. The third-order valence-electron chi connectivity index (χ3n) is 5.26. The minimum Gasteiger partial charge on any atom is -0.385 e. The molecule has 1 saturated carbocycles. The molecule has 0 spiro atoms. The summed E-state index contributed by atoms with van der Waals surface area (Å²) in [5, 5.41) is 3.32. The number of ether oxygens (including phenoxy) is 1. The van der Waals surface area contributed by atoms with Crippen LogP contribution in [0.5, 0.6) is 0 Å². The zero-order valence-electron chi connectivity index (χ0n) is 14.1. The van der Waals surface area contributed by atoms with Gasteiger partial charge in [0.05, 0.1) is 0 Å². The Morgan fingerprint density at radius 1 is 1.41 bits per heavy atom. The summed E-state index contributed by atoms with van der Waals surface area (Å²) in [6, 6.07) is 0.620. The van der Waals surface area contributed by atoms with Gasteiger partial charge in [-0.3, -0.25) is 9.89 Å². The highest BCUT2D eigenvalue weighted by molar-refractivity contribution is 14.0. The lowest BCUT2D eigenvalue weighted by molar-refractivity contribution is 0.0779. The minimum atomic E-state index is 0. The summed E-state index contributed by atoms with van der Waals surface area (Å²) < 4.78 is 5.22. The fourth-order valence-electron chi connectivity index (χ4n) is 3.56. The fourth-order valence-corrected chi connectivity index (χ4v) is 3.56. The van der Waals surface area contributed by atoms with Gasteiger partial charge in [0.1, 0.15) is 0 Å². The van der Waals surface area contributed by atoms with Crippen LogP contribution in [0.3, 0.4) is 0 Å². The smallest absolute Gasteiger partial charge is 0.188 e. The molecule has 0 aromatic heterocycles. The van der Waals surface area contributed by atoms with Gasteiger partial charge in [-0.15, -0.1) is 24.0 Å². The standard InChI is InChI=1S/C16H32N4O.HI/c1-3-20-10-4-6-14(20)12-18-15(17)19-13-16(7-5-8-16)9-11-21-2;/h14H,3-13H2,1-2H3,(H3,17,18,19);1H. The van der Waals surface area contributed by atoms with Crippen LogP contribution < -0.4 is 11.1 Å². The van der Waals surface area contributed by atoms with Gasteiger partial charge in [0, 0.05) is 32.8 Å². The van der Waals surface area contributed by atoms with Crippen LogP contribution in [-0.2, 0) is 4.74 Å². The Morgan fingerprint density at radius 2 is 2.18 bits per heavy atom. The molecule has 0 bridgehead atoms. The molecular weight excluding hydrogens is 391 g/mol. The Balaban J connectivity index is 0.00000242. The van der Waals surface area contributed by atoms with Crippen LogP contribution in [0.4, 0.5) is 0 Å². The van der Waals surface area contributed by atoms with E-state index in [4.69, 9.17) is 10.5 Å². The van der Waals surface area contributed by atoms with E-state index in [0.29, 0.717) is 17.4 Å². The van der Waals surface area contributed by atoms with Gasteiger partial charge in [0.25, 0.3) is 0 Å². The van der Waals surface area contributed by atoms with E-state index < -0.39 is 0 Å². The van der Waals surface area contributed by atoms with Crippen molar-refractivity contribution in [2.24, 2.45) is 16.1 Å². The first kappa shape index (κ1) is 20.0. The second-order valence-electron chi connectivity index (χ2n) is 6.60. The van der Waals surface area contributed by atoms with Crippen molar-refractivity contribution in [1.82, 2.24) is 10.2 Å². The molecule has 3 N–H and O–H groups in total. The number of halogens is 1. The van der Waals surface area contributed by atoms with E-state index >= 15 is 0 Å². The summed E-state index contributed by atoms with van der Waals surface area (Å²) in [5.74, 6) is 0.613. The quantitative estimate of drug-likeness (QED) is 0.356. The molecule has 2 aliphatic rings. The van der Waals surface area contributed by atoms with E-state index in [-0.39, 0.29) is 24.0 Å². The lowest BCUT2D eigenvalue weighted by Gasteiger charge is -2.40. The number of nitrogens with one attached hydrogen (secondary N) is 1. The lowest BCUT2D eigenvalue weighted by atomic mass is 9.67. The van der Waals surface area contributed by atoms with Crippen molar-refractivity contribution in [1.29, 1.82) is 0 Å². The summed E-state index contributed by atoms with van der Waals surface area (Å²) in [4.78, 5) is 7.11. The van der Waals surface area contributed by atoms with Gasteiger partial charge >= 0.3 is 0 Å². The first-order valence-corrected chi connectivity index (χ1v) is 8.46. The highest BCUT2D eigenvalue weighted by Crippen LogP contribution is 2.44. The molecule has 0 radical (unpaired) electrons. The van der Waals surface area contributed by atoms with Crippen LogP contribution in [-0.4, -0.2) is 56.8 Å². The molecule has 0 aromatic carbocycles. The number of likely N-dealkylation sites (N-methyl/N-ethyl adjacent to an activating group) is 1. The SMILES string of the molecule is CCN1CCCC1CNC(N)=NCC1(CCOC)CCC1.I. The predicted molar refractivity (Wildman–Crippen MR) is 103 cm³/mol. The van der Waals surface area contributed by atoms with Gasteiger partial charge in [-0.1, -0.05) is 13.3 Å². The van der Waals surface area contributed by atoms with Crippen LogP contribution in [0.1, 0.15) is 45.4 Å². The number of hydrogen-bond donors (Lipinski definition) is 2. The van der Waals surface area contributed by atoms with Crippen molar-refractivity contribution in [3.8, 4) is 0 Å². The molecule has 130 valence electrons. The first-order valence-electron chi connectivity index (χ1n) is 8.46. The van der Waals surface area contributed by atoms with Crippen LogP contribution >= 0.6 is 24.0 Å². The van der Waals surface area contributed by atoms with Gasteiger partial charge < -0.3 is 15.8 Å². The van der Waals surface area contributed by atoms with E-state index in [1.54, 1.807) is 7.11 Å². The summed E-state index contributed by atoms with van der Waals surface area (Å²) in [5.41, 5.74) is 6.39. The molecule has 1 aliphatic carbocycles. The number of nitrogens with zero attached hydrogens (tertiary/aromatic N) is 2. The van der Waals surface area contributed by atoms with Crippen molar-refractivity contribution >= 4 is 29.9 Å². The third kappa shape index (κ3) is 5.53. The Kier molecular flexibility index (Phi) is 9.01. The van der Waals surface area contributed by atoms with Crippen LogP contribution in [0.2, 0.25) is 0 Å². The average molecular weight is 424 g/mol. The highest BCUT2D eigenvalue weighted by Gasteiger charge is 2.36. The van der Waals surface area contributed by atoms with E-state index in [1.165, 1.54) is 38.6 Å². The van der Waals surface area contributed by atoms with E-state index in [9.17, 15) is 0 Å². The summed E-state index contributed by atoms with van der Waals surface area (Å²) in [6.45, 7) is 7.18. The highest BCUT2D eigenvalue weighted by atomic mass is 127. The zero-order chi connectivity index (χ0) is 15.1. The van der Waals surface area contributed by atoms with Crippen molar-refractivity contribution in [2.45, 2.75) is 51.5 Å². The maximum absolute atomic E-state index is 6.04. The minimum absolute atomic E-state index is 0. The number of hydrogen-bond acceptors (Lipinski definition) is 3. The number of methoxy groups -OCH3 is 1. The van der Waals surface area contributed by atoms with Gasteiger partial charge in [-0.25, -0.2) is 0 Å². The Hall–Kier alpha value is -0.0800. The van der Waals surface area contributed by atoms with Gasteiger partial charge in [-0.05, 0) is 50.6 Å². The number of aliphatic imine (C=N–C) groups is 1. The lowest BCUT2D eigenvalue weighted by Crippen LogP contribution is -2.43. The molecular formula is C16H33IN4O. The molecule has 1 saturated heterocycles. The van der Waals surface area contributed by atoms with Gasteiger partial charge in [-0.2, -0.15) is 0 Å². The number of nitrogens with two attached hydrogens (primary N) is 1. The Morgan fingerprint density at radius 3 is 2.77 bits per heavy atom. The average Bonchev–Trinajstić information content (AvgIpc) is 2.91. The molecule has 6 heteroatoms. The van der Waals surface area contributed by atoms with Crippen molar-refractivity contribution < 1.29 is 4.74 Å². The third-order valence-corrected chi connectivity index (χ3v) is 5.26. The van der Waals surface area contributed by atoms with Crippen molar-refractivity contribution in [3.05, 3.63) is 0 Å². The van der Waals surface area contributed by atoms with E-state index in [1.807, 2.05) is 0 Å². The number of likely N-dealkylation sites (tertiary alicyclic amines) is 1. The molecule has 2 rings (SSSR count). The summed E-state index contributed by atoms with van der Waals surface area (Å²) in [6.07, 6.45) is 7.52. The van der Waals surface area contributed by atoms with Gasteiger partial charge in [0.15, 0.2) is 5.96 Å². The molecule has 0 amide bonds. The van der Waals surface area contributed by atoms with Gasteiger partial charge in [0.2, 0.25) is 0 Å². The molecule has 5 nitrogen and oxygen atoms in total. The topological polar surface area (TPSA) is 62.9 Å². The summed E-state index contributed by atoms with van der Waals surface area (Å²) in [7, 11) is 1.77. The first-order chi connectivity index (χ1) is 10.2. The molecule has 1 heterocycles. The molecule has 2 fully saturated rings. The van der Waals surface area contributed by atoms with E-state index in [2.05, 4.69) is 22.1 Å². The Labute approximate surface area is 152 Å². The van der Waals surface area contributed by atoms with Crippen LogP contribution in [0.15, 0.2) is 4.99 Å². The maximum atomic E-state index is 6.04. The summed E-state index contributed by atoms with van der Waals surface area (Å²) >= 11 is 0.